The van der Waals surface area contributed by atoms with Crippen molar-refractivity contribution in [2.45, 2.75) is 12.2 Å². The van der Waals surface area contributed by atoms with Gasteiger partial charge in [0, 0.05) is 23.9 Å². The van der Waals surface area contributed by atoms with Gasteiger partial charge in [-0.2, -0.15) is 13.2 Å². The minimum atomic E-state index is -4.56. The maximum atomic E-state index is 15.3. The van der Waals surface area contributed by atoms with E-state index >= 15 is 4.39 Å². The number of imidazole rings is 1. The van der Waals surface area contributed by atoms with Crippen LogP contribution in [-0.2, 0) is 6.18 Å². The molecule has 2 aromatic heterocycles. The number of H-pyrrole nitrogens is 1. The lowest BCUT2D eigenvalue weighted by molar-refractivity contribution is -0.137. The van der Waals surface area contributed by atoms with Gasteiger partial charge in [-0.1, -0.05) is 0 Å². The number of fused-ring (bicyclic) bond motifs is 7. The van der Waals surface area contributed by atoms with Gasteiger partial charge >= 0.3 is 12.2 Å². The topological polar surface area (TPSA) is 73.9 Å². The number of benzene rings is 2. The highest BCUT2D eigenvalue weighted by molar-refractivity contribution is 7.15. The van der Waals surface area contributed by atoms with Crippen molar-refractivity contribution in [2.75, 3.05) is 11.4 Å². The number of nitrogens with zero attached hydrogens (tertiary/aromatic N) is 3. The molecule has 0 bridgehead atoms. The third-order valence-corrected chi connectivity index (χ3v) is 6.65. The van der Waals surface area contributed by atoms with Crippen LogP contribution in [0.1, 0.15) is 16.6 Å². The first-order valence-electron chi connectivity index (χ1n) is 9.22. The molecule has 0 saturated carbocycles. The lowest BCUT2D eigenvalue weighted by Gasteiger charge is -2.33. The minimum Gasteiger partial charge on any atom is -0.345 e. The molecule has 2 amide bonds. The summed E-state index contributed by atoms with van der Waals surface area (Å²) in [5.41, 5.74) is 3.67. The van der Waals surface area contributed by atoms with Crippen LogP contribution >= 0.6 is 11.3 Å². The lowest BCUT2D eigenvalue weighted by Crippen LogP contribution is -2.33. The second-order valence-corrected chi connectivity index (χ2v) is 8.34. The molecule has 2 N–H and O–H groups in total. The number of carbonyl (C=O) groups is 1. The Balaban J connectivity index is 1.60. The maximum absolute atomic E-state index is 15.3. The number of amides is 2. The average molecular weight is 445 g/mol. The van der Waals surface area contributed by atoms with Crippen LogP contribution in [0.5, 0.6) is 0 Å². The monoisotopic (exact) mass is 445 g/mol. The Hall–Kier alpha value is -3.47. The van der Waals surface area contributed by atoms with Crippen LogP contribution in [0.2, 0.25) is 0 Å². The van der Waals surface area contributed by atoms with Gasteiger partial charge in [-0.25, -0.2) is 19.2 Å². The molecule has 4 heterocycles. The van der Waals surface area contributed by atoms with Crippen molar-refractivity contribution in [3.8, 4) is 21.6 Å². The molecule has 1 saturated heterocycles. The zero-order valence-electron chi connectivity index (χ0n) is 15.4. The number of thiazole rings is 1. The Kier molecular flexibility index (Phi) is 3.56. The van der Waals surface area contributed by atoms with Gasteiger partial charge in [0.25, 0.3) is 0 Å². The van der Waals surface area contributed by atoms with Gasteiger partial charge < -0.3 is 10.3 Å². The van der Waals surface area contributed by atoms with Gasteiger partial charge in [0.2, 0.25) is 0 Å². The van der Waals surface area contributed by atoms with E-state index in [1.165, 1.54) is 17.3 Å². The summed E-state index contributed by atoms with van der Waals surface area (Å²) >= 11 is 0.462. The van der Waals surface area contributed by atoms with E-state index in [0.29, 0.717) is 50.3 Å². The van der Waals surface area contributed by atoms with E-state index in [1.807, 2.05) is 0 Å². The number of nitrogens with one attached hydrogen (secondary N) is 2. The molecule has 31 heavy (non-hydrogen) atoms. The number of aromatic nitrogens is 3. The second-order valence-electron chi connectivity index (χ2n) is 7.31. The fourth-order valence-corrected chi connectivity index (χ4v) is 5.03. The number of halogens is 4. The van der Waals surface area contributed by atoms with Crippen LogP contribution in [0.15, 0.2) is 36.8 Å². The van der Waals surface area contributed by atoms with Crippen molar-refractivity contribution in [1.82, 2.24) is 20.3 Å². The number of hydrogen-bond donors (Lipinski definition) is 2. The molecule has 6 rings (SSSR count). The molecule has 4 aromatic rings. The Morgan fingerprint density at radius 3 is 2.74 bits per heavy atom. The Morgan fingerprint density at radius 1 is 1.13 bits per heavy atom. The first kappa shape index (κ1) is 18.3. The maximum Gasteiger partial charge on any atom is 0.443 e. The van der Waals surface area contributed by atoms with Crippen LogP contribution in [0.4, 0.5) is 28.0 Å². The molecule has 11 heteroatoms. The van der Waals surface area contributed by atoms with E-state index in [4.69, 9.17) is 0 Å². The van der Waals surface area contributed by atoms with Gasteiger partial charge in [0.05, 0.1) is 34.0 Å². The number of anilines is 1. The predicted molar refractivity (Wildman–Crippen MR) is 106 cm³/mol. The third-order valence-electron chi connectivity index (χ3n) is 5.56. The van der Waals surface area contributed by atoms with Crippen molar-refractivity contribution in [2.24, 2.45) is 0 Å². The highest BCUT2D eigenvalue weighted by Crippen LogP contribution is 2.49. The van der Waals surface area contributed by atoms with Crippen molar-refractivity contribution in [3.05, 3.63) is 53.2 Å². The van der Waals surface area contributed by atoms with Crippen LogP contribution in [0, 0.1) is 5.82 Å². The van der Waals surface area contributed by atoms with Crippen LogP contribution < -0.4 is 10.2 Å². The van der Waals surface area contributed by atoms with Crippen LogP contribution in [-0.4, -0.2) is 27.5 Å². The minimum absolute atomic E-state index is 0.209. The van der Waals surface area contributed by atoms with E-state index in [9.17, 15) is 18.0 Å². The molecule has 2 aliphatic heterocycles. The second kappa shape index (κ2) is 6.03. The molecule has 2 aliphatic rings. The first-order valence-corrected chi connectivity index (χ1v) is 10.0. The zero-order valence-corrected chi connectivity index (χ0v) is 16.2. The first-order chi connectivity index (χ1) is 14.8. The largest absolute Gasteiger partial charge is 0.443 e. The fraction of sp³-hybridized carbons (Fsp3) is 0.150. The molecule has 1 atom stereocenters. The van der Waals surface area contributed by atoms with Gasteiger partial charge in [-0.05, 0) is 35.4 Å². The average Bonchev–Trinajstić information content (AvgIpc) is 3.45. The van der Waals surface area contributed by atoms with E-state index in [-0.39, 0.29) is 17.5 Å². The summed E-state index contributed by atoms with van der Waals surface area (Å²) in [6.45, 7) is 0.221. The van der Waals surface area contributed by atoms with Crippen molar-refractivity contribution in [3.63, 3.8) is 0 Å². The van der Waals surface area contributed by atoms with E-state index in [2.05, 4.69) is 20.3 Å². The normalized spacial score (nSPS) is 17.5. The van der Waals surface area contributed by atoms with Gasteiger partial charge in [-0.15, -0.1) is 11.3 Å². The number of rotatable bonds is 1. The van der Waals surface area contributed by atoms with E-state index in [0.717, 1.165) is 6.20 Å². The van der Waals surface area contributed by atoms with Crippen molar-refractivity contribution >= 4 is 34.1 Å². The molecular formula is C20H11F4N5OS. The van der Waals surface area contributed by atoms with E-state index < -0.39 is 23.0 Å². The Morgan fingerprint density at radius 2 is 1.97 bits per heavy atom. The third kappa shape index (κ3) is 2.59. The molecule has 1 fully saturated rings. The van der Waals surface area contributed by atoms with Crippen LogP contribution in [0.3, 0.4) is 0 Å². The van der Waals surface area contributed by atoms with Gasteiger partial charge in [-0.3, -0.25) is 4.90 Å². The van der Waals surface area contributed by atoms with Crippen molar-refractivity contribution < 1.29 is 22.4 Å². The standard InChI is InChI=1S/C20H11F4N5OS/c21-11-2-8(16-6-25-18(31-16)20(22,23)24)1-10-9-3-12-13(28-7-27-12)4-14(9)29-15(17(10)11)5-26-19(29)30/h1-4,6-7,15H,5H2,(H,26,30)(H,27,28). The Bertz CT molecular complexity index is 1390. The van der Waals surface area contributed by atoms with Gasteiger partial charge in [0.1, 0.15) is 5.82 Å². The summed E-state index contributed by atoms with van der Waals surface area (Å²) < 4.78 is 54.3. The summed E-state index contributed by atoms with van der Waals surface area (Å²) in [6.07, 6.45) is -1.94. The molecule has 0 radical (unpaired) electrons. The number of urea groups is 1. The lowest BCUT2D eigenvalue weighted by atomic mass is 9.86. The summed E-state index contributed by atoms with van der Waals surface area (Å²) in [4.78, 5) is 24.9. The number of alkyl halides is 3. The number of carbonyl (C=O) groups excluding carboxylic acids is 1. The summed E-state index contributed by atoms with van der Waals surface area (Å²) in [5, 5.41) is 1.75. The highest BCUT2D eigenvalue weighted by atomic mass is 32.1. The summed E-state index contributed by atoms with van der Waals surface area (Å²) in [5.74, 6) is -0.587. The zero-order chi connectivity index (χ0) is 21.5. The molecule has 1 unspecified atom stereocenters. The molecule has 0 aliphatic carbocycles. The Labute approximate surface area is 175 Å². The van der Waals surface area contributed by atoms with Gasteiger partial charge in [0.15, 0.2) is 5.01 Å². The summed E-state index contributed by atoms with van der Waals surface area (Å²) in [6, 6.07) is 5.48. The SMILES string of the molecule is O=C1NCC2c3c(F)cc(-c4cnc(C(F)(F)F)s4)cc3-c3cc4[nH]cnc4cc3N12. The summed E-state index contributed by atoms with van der Waals surface area (Å²) in [7, 11) is 0. The van der Waals surface area contributed by atoms with E-state index in [1.54, 1.807) is 18.2 Å². The van der Waals surface area contributed by atoms with Crippen LogP contribution in [0.25, 0.3) is 32.6 Å². The molecule has 0 spiro atoms. The molecule has 2 aromatic carbocycles. The van der Waals surface area contributed by atoms with Crippen molar-refractivity contribution in [1.29, 1.82) is 0 Å². The quantitative estimate of drug-likeness (QED) is 0.401. The fourth-order valence-electron chi connectivity index (χ4n) is 4.26. The smallest absolute Gasteiger partial charge is 0.345 e. The molecule has 156 valence electrons. The molecular weight excluding hydrogens is 434 g/mol. The number of hydrogen-bond acceptors (Lipinski definition) is 4. The predicted octanol–water partition coefficient (Wildman–Crippen LogP) is 5.10. The highest BCUT2D eigenvalue weighted by Gasteiger charge is 2.42. The molecule has 6 nitrogen and oxygen atoms in total. The number of aromatic amines is 1.